The van der Waals surface area contributed by atoms with Gasteiger partial charge in [0.05, 0.1) is 11.2 Å². The number of aryl methyl sites for hydroxylation is 3. The summed E-state index contributed by atoms with van der Waals surface area (Å²) < 4.78 is 29.4. The van der Waals surface area contributed by atoms with Crippen LogP contribution in [-0.4, -0.2) is 42.9 Å². The lowest BCUT2D eigenvalue weighted by Crippen LogP contribution is -2.35. The van der Waals surface area contributed by atoms with E-state index in [9.17, 15) is 18.0 Å². The van der Waals surface area contributed by atoms with Crippen molar-refractivity contribution in [1.82, 2.24) is 19.6 Å². The van der Waals surface area contributed by atoms with Crippen molar-refractivity contribution < 1.29 is 18.0 Å². The molecular weight excluding hydrogens is 442 g/mol. The van der Waals surface area contributed by atoms with Crippen LogP contribution in [0, 0.1) is 13.8 Å². The number of carbonyl (C=O) groups excluding carboxylic acids is 2. The molecular formula is C23H27N5O4S. The molecule has 0 bridgehead atoms. The summed E-state index contributed by atoms with van der Waals surface area (Å²) in [6.45, 7) is 4.23. The Bertz CT molecular complexity index is 1220. The van der Waals surface area contributed by atoms with Crippen LogP contribution in [0.1, 0.15) is 27.9 Å². The third-order valence-corrected chi connectivity index (χ3v) is 6.50. The number of nitrogens with zero attached hydrogens (tertiary/aromatic N) is 2. The first-order valence-corrected chi connectivity index (χ1v) is 11.9. The molecule has 0 aliphatic carbocycles. The van der Waals surface area contributed by atoms with Gasteiger partial charge in [-0.05, 0) is 49.2 Å². The molecule has 0 fully saturated rings. The molecule has 0 radical (unpaired) electrons. The zero-order valence-corrected chi connectivity index (χ0v) is 19.4. The van der Waals surface area contributed by atoms with Gasteiger partial charge in [-0.15, -0.1) is 0 Å². The number of amides is 2. The second-order valence-electron chi connectivity index (χ2n) is 7.60. The molecule has 0 aliphatic rings. The van der Waals surface area contributed by atoms with E-state index < -0.39 is 10.0 Å². The highest BCUT2D eigenvalue weighted by Gasteiger charge is 2.16. The number of anilines is 1. The van der Waals surface area contributed by atoms with E-state index in [1.54, 1.807) is 66.6 Å². The van der Waals surface area contributed by atoms with Gasteiger partial charge in [0.2, 0.25) is 15.9 Å². The van der Waals surface area contributed by atoms with E-state index in [4.69, 9.17) is 0 Å². The number of carbonyl (C=O) groups is 2. The highest BCUT2D eigenvalue weighted by atomic mass is 32.2. The van der Waals surface area contributed by atoms with Crippen molar-refractivity contribution in [3.05, 3.63) is 77.9 Å². The molecule has 1 aromatic heterocycles. The highest BCUT2D eigenvalue weighted by molar-refractivity contribution is 7.89. The number of aromatic nitrogens is 2. The second kappa shape index (κ2) is 10.9. The Morgan fingerprint density at radius 3 is 2.64 bits per heavy atom. The minimum Gasteiger partial charge on any atom is -0.351 e. The number of imidazole rings is 1. The molecule has 3 rings (SSSR count). The van der Waals surface area contributed by atoms with Gasteiger partial charge in [-0.3, -0.25) is 9.59 Å². The average Bonchev–Trinajstić information content (AvgIpc) is 3.31. The molecule has 0 unspecified atom stereocenters. The first-order valence-electron chi connectivity index (χ1n) is 10.5. The summed E-state index contributed by atoms with van der Waals surface area (Å²) in [6, 6.07) is 11.8. The zero-order valence-electron chi connectivity index (χ0n) is 18.5. The van der Waals surface area contributed by atoms with Gasteiger partial charge in [-0.25, -0.2) is 18.1 Å². The molecule has 33 heavy (non-hydrogen) atoms. The van der Waals surface area contributed by atoms with Crippen molar-refractivity contribution in [2.75, 3.05) is 18.4 Å². The average molecular weight is 470 g/mol. The maximum Gasteiger partial charge on any atom is 0.251 e. The van der Waals surface area contributed by atoms with Crippen LogP contribution < -0.4 is 15.4 Å². The molecule has 174 valence electrons. The van der Waals surface area contributed by atoms with Gasteiger partial charge in [-0.1, -0.05) is 18.2 Å². The Kier molecular flexibility index (Phi) is 7.96. The Morgan fingerprint density at radius 1 is 1.06 bits per heavy atom. The first kappa shape index (κ1) is 24.1. The van der Waals surface area contributed by atoms with Gasteiger partial charge in [0.15, 0.2) is 0 Å². The molecule has 3 N–H and O–H groups in total. The van der Waals surface area contributed by atoms with Gasteiger partial charge in [0.25, 0.3) is 5.91 Å². The fraction of sp³-hybridized carbons (Fsp3) is 0.261. The molecule has 3 aromatic rings. The molecule has 2 amide bonds. The summed E-state index contributed by atoms with van der Waals surface area (Å²) in [5.74, 6) is -0.544. The third kappa shape index (κ3) is 6.99. The van der Waals surface area contributed by atoms with E-state index in [0.717, 1.165) is 5.56 Å². The molecule has 0 aliphatic heterocycles. The van der Waals surface area contributed by atoms with E-state index in [2.05, 4.69) is 20.3 Å². The summed E-state index contributed by atoms with van der Waals surface area (Å²) in [5.41, 5.74) is 2.37. The van der Waals surface area contributed by atoms with E-state index in [1.165, 1.54) is 0 Å². The van der Waals surface area contributed by atoms with Crippen LogP contribution in [0.25, 0.3) is 0 Å². The largest absolute Gasteiger partial charge is 0.351 e. The Hall–Kier alpha value is -3.50. The molecule has 1 heterocycles. The Labute approximate surface area is 193 Å². The standard InChI is InChI=1S/C23H27N5O4S/c1-17-6-7-18(2)21(14-17)33(31,32)26-10-9-25-23(30)19-4-3-5-20(15-19)27-22(29)8-12-28-13-11-24-16-28/h3-7,11,13-16,26H,8-10,12H2,1-2H3,(H,25,30)(H,27,29). The summed E-state index contributed by atoms with van der Waals surface area (Å²) in [6.07, 6.45) is 5.34. The molecule has 0 spiro atoms. The van der Waals surface area contributed by atoms with Crippen molar-refractivity contribution in [2.45, 2.75) is 31.7 Å². The van der Waals surface area contributed by atoms with Gasteiger partial charge in [0.1, 0.15) is 0 Å². The lowest BCUT2D eigenvalue weighted by molar-refractivity contribution is -0.116. The van der Waals surface area contributed by atoms with Gasteiger partial charge < -0.3 is 15.2 Å². The molecule has 0 atom stereocenters. The number of hydrogen-bond donors (Lipinski definition) is 3. The zero-order chi connectivity index (χ0) is 23.8. The normalized spacial score (nSPS) is 11.2. The quantitative estimate of drug-likeness (QED) is 0.393. The van der Waals surface area contributed by atoms with E-state index in [0.29, 0.717) is 23.4 Å². The van der Waals surface area contributed by atoms with E-state index in [1.807, 2.05) is 13.0 Å². The minimum absolute atomic E-state index is 0.0477. The molecule has 2 aromatic carbocycles. The van der Waals surface area contributed by atoms with Crippen molar-refractivity contribution in [2.24, 2.45) is 0 Å². The predicted octanol–water partition coefficient (Wildman–Crippen LogP) is 2.24. The number of sulfonamides is 1. The van der Waals surface area contributed by atoms with Crippen LogP contribution in [0.3, 0.4) is 0 Å². The maximum atomic E-state index is 12.5. The van der Waals surface area contributed by atoms with Crippen molar-refractivity contribution >= 4 is 27.5 Å². The fourth-order valence-electron chi connectivity index (χ4n) is 3.15. The highest BCUT2D eigenvalue weighted by Crippen LogP contribution is 2.16. The van der Waals surface area contributed by atoms with Crippen LogP contribution >= 0.6 is 0 Å². The summed E-state index contributed by atoms with van der Waals surface area (Å²) in [4.78, 5) is 28.7. The van der Waals surface area contributed by atoms with Gasteiger partial charge in [0, 0.05) is 49.7 Å². The van der Waals surface area contributed by atoms with Gasteiger partial charge in [-0.2, -0.15) is 0 Å². The molecule has 0 saturated carbocycles. The molecule has 10 heteroatoms. The lowest BCUT2D eigenvalue weighted by Gasteiger charge is -2.11. The summed E-state index contributed by atoms with van der Waals surface area (Å²) in [7, 11) is -3.67. The lowest BCUT2D eigenvalue weighted by atomic mass is 10.2. The SMILES string of the molecule is Cc1ccc(C)c(S(=O)(=O)NCCNC(=O)c2cccc(NC(=O)CCn3ccnc3)c2)c1. The Balaban J connectivity index is 1.48. The van der Waals surface area contributed by atoms with Crippen LogP contribution in [-0.2, 0) is 21.4 Å². The maximum absolute atomic E-state index is 12.5. The fourth-order valence-corrected chi connectivity index (χ4v) is 4.51. The van der Waals surface area contributed by atoms with Crippen LogP contribution in [0.5, 0.6) is 0 Å². The van der Waals surface area contributed by atoms with Crippen LogP contribution in [0.2, 0.25) is 0 Å². The smallest absolute Gasteiger partial charge is 0.251 e. The van der Waals surface area contributed by atoms with Crippen molar-refractivity contribution in [3.63, 3.8) is 0 Å². The van der Waals surface area contributed by atoms with Crippen molar-refractivity contribution in [1.29, 1.82) is 0 Å². The number of nitrogens with one attached hydrogen (secondary N) is 3. The third-order valence-electron chi connectivity index (χ3n) is 4.90. The summed E-state index contributed by atoms with van der Waals surface area (Å²) in [5, 5.41) is 5.45. The van der Waals surface area contributed by atoms with Crippen molar-refractivity contribution in [3.8, 4) is 0 Å². The van der Waals surface area contributed by atoms with Crippen LogP contribution in [0.15, 0.2) is 66.1 Å². The van der Waals surface area contributed by atoms with E-state index in [-0.39, 0.29) is 36.2 Å². The van der Waals surface area contributed by atoms with Gasteiger partial charge >= 0.3 is 0 Å². The monoisotopic (exact) mass is 469 g/mol. The minimum atomic E-state index is -3.67. The summed E-state index contributed by atoms with van der Waals surface area (Å²) >= 11 is 0. The topological polar surface area (TPSA) is 122 Å². The first-order chi connectivity index (χ1) is 15.7. The number of hydrogen-bond acceptors (Lipinski definition) is 5. The molecule has 0 saturated heterocycles. The Morgan fingerprint density at radius 2 is 1.88 bits per heavy atom. The second-order valence-corrected chi connectivity index (χ2v) is 9.34. The van der Waals surface area contributed by atoms with E-state index >= 15 is 0 Å². The molecule has 9 nitrogen and oxygen atoms in total. The van der Waals surface area contributed by atoms with Crippen LogP contribution in [0.4, 0.5) is 5.69 Å². The number of benzene rings is 2. The predicted molar refractivity (Wildman–Crippen MR) is 125 cm³/mol. The number of rotatable bonds is 10.